The summed E-state index contributed by atoms with van der Waals surface area (Å²) < 4.78 is 0. The van der Waals surface area contributed by atoms with E-state index < -0.39 is 8.07 Å². The van der Waals surface area contributed by atoms with Crippen LogP contribution >= 0.6 is 0 Å². The lowest BCUT2D eigenvalue weighted by Gasteiger charge is -2.28. The van der Waals surface area contributed by atoms with Gasteiger partial charge < -0.3 is 5.73 Å². The fourth-order valence-corrected chi connectivity index (χ4v) is 3.54. The highest BCUT2D eigenvalue weighted by Gasteiger charge is 2.31. The van der Waals surface area contributed by atoms with E-state index in [4.69, 9.17) is 5.73 Å². The molecule has 1 atom stereocenters. The van der Waals surface area contributed by atoms with Crippen molar-refractivity contribution < 1.29 is 4.79 Å². The van der Waals surface area contributed by atoms with Crippen molar-refractivity contribution >= 4 is 14.0 Å². The Bertz CT molecular complexity index is 200. The number of hydrogen-bond donors (Lipinski definition) is 1. The third kappa shape index (κ3) is 3.12. The average Bonchev–Trinajstić information content (AvgIpc) is 2.31. The molecule has 0 bridgehead atoms. The molecule has 13 heavy (non-hydrogen) atoms. The minimum absolute atomic E-state index is 0.0201. The monoisotopic (exact) mass is 200 g/mol. The molecular weight excluding hydrogens is 180 g/mol. The maximum absolute atomic E-state index is 11.1. The minimum Gasteiger partial charge on any atom is -0.368 e. The van der Waals surface area contributed by atoms with Crippen LogP contribution in [0, 0.1) is 0 Å². The molecule has 0 aliphatic carbocycles. The summed E-state index contributed by atoms with van der Waals surface area (Å²) >= 11 is 0. The standard InChI is InChI=1S/C9H20N2OSi/c1-13(2,3)7-11-6-4-5-8(11)9(10)12/h8H,4-7H2,1-3H3,(H2,10,12). The van der Waals surface area contributed by atoms with Gasteiger partial charge in [-0.1, -0.05) is 19.6 Å². The highest BCUT2D eigenvalue weighted by atomic mass is 28.3. The first-order valence-corrected chi connectivity index (χ1v) is 8.64. The summed E-state index contributed by atoms with van der Waals surface area (Å²) in [5, 5.41) is 0. The molecule has 1 rings (SSSR count). The second-order valence-corrected chi connectivity index (χ2v) is 10.5. The number of primary amides is 1. The lowest BCUT2D eigenvalue weighted by atomic mass is 10.2. The zero-order valence-corrected chi connectivity index (χ0v) is 9.84. The minimum atomic E-state index is -1.09. The van der Waals surface area contributed by atoms with Crippen LogP contribution in [-0.4, -0.2) is 37.6 Å². The predicted octanol–water partition coefficient (Wildman–Crippen LogP) is 0.813. The Labute approximate surface area is 81.3 Å². The zero-order valence-electron chi connectivity index (χ0n) is 8.84. The quantitative estimate of drug-likeness (QED) is 0.685. The predicted molar refractivity (Wildman–Crippen MR) is 57.1 cm³/mol. The molecule has 1 aliphatic rings. The van der Waals surface area contributed by atoms with Crippen molar-refractivity contribution in [1.82, 2.24) is 4.90 Å². The van der Waals surface area contributed by atoms with Gasteiger partial charge in [-0.25, -0.2) is 0 Å². The first kappa shape index (κ1) is 10.7. The molecule has 1 heterocycles. The summed E-state index contributed by atoms with van der Waals surface area (Å²) in [6, 6.07) is 0.0201. The van der Waals surface area contributed by atoms with Crippen LogP contribution < -0.4 is 5.73 Å². The van der Waals surface area contributed by atoms with E-state index in [0.29, 0.717) is 0 Å². The molecule has 0 aromatic rings. The van der Waals surface area contributed by atoms with Crippen LogP contribution in [0.4, 0.5) is 0 Å². The van der Waals surface area contributed by atoms with Crippen molar-refractivity contribution in [3.8, 4) is 0 Å². The first-order chi connectivity index (χ1) is 5.90. The second kappa shape index (κ2) is 3.80. The Morgan fingerprint density at radius 1 is 1.54 bits per heavy atom. The molecule has 1 unspecified atom stereocenters. The molecule has 0 saturated carbocycles. The Balaban J connectivity index is 2.54. The summed E-state index contributed by atoms with van der Waals surface area (Å²) in [7, 11) is -1.09. The summed E-state index contributed by atoms with van der Waals surface area (Å²) in [6.07, 6.45) is 3.18. The van der Waals surface area contributed by atoms with Gasteiger partial charge in [-0.05, 0) is 25.6 Å². The molecule has 4 heteroatoms. The number of amides is 1. The molecule has 0 aromatic carbocycles. The smallest absolute Gasteiger partial charge is 0.234 e. The van der Waals surface area contributed by atoms with Gasteiger partial charge in [0.2, 0.25) is 5.91 Å². The van der Waals surface area contributed by atoms with E-state index in [1.807, 2.05) is 0 Å². The molecule has 1 aliphatic heterocycles. The van der Waals surface area contributed by atoms with Crippen LogP contribution in [0.1, 0.15) is 12.8 Å². The molecule has 76 valence electrons. The van der Waals surface area contributed by atoms with Gasteiger partial charge in [0.15, 0.2) is 0 Å². The Hall–Kier alpha value is -0.353. The van der Waals surface area contributed by atoms with Crippen LogP contribution in [0.2, 0.25) is 19.6 Å². The van der Waals surface area contributed by atoms with Gasteiger partial charge >= 0.3 is 0 Å². The van der Waals surface area contributed by atoms with Gasteiger partial charge in [0, 0.05) is 0 Å². The summed E-state index contributed by atoms with van der Waals surface area (Å²) in [5.74, 6) is -0.143. The van der Waals surface area contributed by atoms with Crippen LogP contribution in [0.15, 0.2) is 0 Å². The average molecular weight is 200 g/mol. The van der Waals surface area contributed by atoms with Crippen LogP contribution in [-0.2, 0) is 4.79 Å². The second-order valence-electron chi connectivity index (χ2n) is 5.09. The lowest BCUT2D eigenvalue weighted by Crippen LogP contribution is -2.47. The van der Waals surface area contributed by atoms with Gasteiger partial charge in [0.1, 0.15) is 0 Å². The molecule has 0 aromatic heterocycles. The largest absolute Gasteiger partial charge is 0.368 e. The first-order valence-electron chi connectivity index (χ1n) is 4.93. The SMILES string of the molecule is C[Si](C)(C)CN1CCCC1C(N)=O. The van der Waals surface area contributed by atoms with E-state index in [-0.39, 0.29) is 11.9 Å². The fraction of sp³-hybridized carbons (Fsp3) is 0.889. The van der Waals surface area contributed by atoms with Gasteiger partial charge in [0.25, 0.3) is 0 Å². The molecule has 2 N–H and O–H groups in total. The van der Waals surface area contributed by atoms with Crippen molar-refractivity contribution in [2.24, 2.45) is 5.73 Å². The molecule has 1 amide bonds. The van der Waals surface area contributed by atoms with Crippen LogP contribution in [0.25, 0.3) is 0 Å². The van der Waals surface area contributed by atoms with Gasteiger partial charge in [-0.3, -0.25) is 9.69 Å². The molecule has 0 radical (unpaired) electrons. The number of likely N-dealkylation sites (tertiary alicyclic amines) is 1. The van der Waals surface area contributed by atoms with Crippen LogP contribution in [0.3, 0.4) is 0 Å². The van der Waals surface area contributed by atoms with Gasteiger partial charge in [0.05, 0.1) is 14.1 Å². The van der Waals surface area contributed by atoms with Crippen molar-refractivity contribution in [2.75, 3.05) is 12.7 Å². The van der Waals surface area contributed by atoms with E-state index in [1.165, 1.54) is 0 Å². The van der Waals surface area contributed by atoms with Crippen molar-refractivity contribution in [3.05, 3.63) is 0 Å². The molecule has 1 fully saturated rings. The molecule has 1 saturated heterocycles. The third-order valence-electron chi connectivity index (χ3n) is 2.37. The highest BCUT2D eigenvalue weighted by molar-refractivity contribution is 6.76. The highest BCUT2D eigenvalue weighted by Crippen LogP contribution is 2.19. The normalized spacial score (nSPS) is 25.0. The maximum atomic E-state index is 11.1. The van der Waals surface area contributed by atoms with E-state index in [0.717, 1.165) is 25.6 Å². The van der Waals surface area contributed by atoms with Crippen molar-refractivity contribution in [2.45, 2.75) is 38.5 Å². The number of rotatable bonds is 3. The zero-order chi connectivity index (χ0) is 10.1. The Kier molecular flexibility index (Phi) is 3.13. The number of nitrogens with zero attached hydrogens (tertiary/aromatic N) is 1. The number of nitrogens with two attached hydrogens (primary N) is 1. The summed E-state index contributed by atoms with van der Waals surface area (Å²) in [4.78, 5) is 13.4. The molecular formula is C9H20N2OSi. The number of hydrogen-bond acceptors (Lipinski definition) is 2. The van der Waals surface area contributed by atoms with Crippen molar-refractivity contribution in [3.63, 3.8) is 0 Å². The molecule has 0 spiro atoms. The Morgan fingerprint density at radius 2 is 2.15 bits per heavy atom. The summed E-state index contributed by atoms with van der Waals surface area (Å²) in [6.45, 7) is 8.02. The summed E-state index contributed by atoms with van der Waals surface area (Å²) in [5.41, 5.74) is 5.34. The van der Waals surface area contributed by atoms with Gasteiger partial charge in [-0.15, -0.1) is 0 Å². The fourth-order valence-electron chi connectivity index (χ4n) is 1.95. The van der Waals surface area contributed by atoms with E-state index >= 15 is 0 Å². The number of carbonyl (C=O) groups is 1. The lowest BCUT2D eigenvalue weighted by molar-refractivity contribution is -0.122. The van der Waals surface area contributed by atoms with E-state index in [9.17, 15) is 4.79 Å². The topological polar surface area (TPSA) is 46.3 Å². The van der Waals surface area contributed by atoms with Crippen LogP contribution in [0.5, 0.6) is 0 Å². The maximum Gasteiger partial charge on any atom is 0.234 e. The van der Waals surface area contributed by atoms with Gasteiger partial charge in [-0.2, -0.15) is 0 Å². The molecule has 3 nitrogen and oxygen atoms in total. The third-order valence-corrected chi connectivity index (χ3v) is 3.72. The van der Waals surface area contributed by atoms with E-state index in [2.05, 4.69) is 24.5 Å². The number of carbonyl (C=O) groups excluding carboxylic acids is 1. The van der Waals surface area contributed by atoms with Crippen molar-refractivity contribution in [1.29, 1.82) is 0 Å². The Morgan fingerprint density at radius 3 is 2.62 bits per heavy atom. The van der Waals surface area contributed by atoms with E-state index in [1.54, 1.807) is 0 Å².